The summed E-state index contributed by atoms with van der Waals surface area (Å²) in [5.41, 5.74) is 1.16. The van der Waals surface area contributed by atoms with Gasteiger partial charge >= 0.3 is 0 Å². The fraction of sp³-hybridized carbons (Fsp3) is 0.765. The third-order valence-corrected chi connectivity index (χ3v) is 4.97. The van der Waals surface area contributed by atoms with Gasteiger partial charge in [-0.15, -0.1) is 0 Å². The molecule has 6 nitrogen and oxygen atoms in total. The van der Waals surface area contributed by atoms with E-state index in [4.69, 9.17) is 4.74 Å². The van der Waals surface area contributed by atoms with Crippen LogP contribution in [0.5, 0.6) is 0 Å². The quantitative estimate of drug-likeness (QED) is 0.828. The number of hydrogen-bond acceptors (Lipinski definition) is 4. The number of amides is 1. The molecule has 6 heteroatoms. The Bertz CT molecular complexity index is 536. The van der Waals surface area contributed by atoms with Crippen molar-refractivity contribution in [2.45, 2.75) is 57.8 Å². The average Bonchev–Trinajstić information content (AvgIpc) is 3.27. The minimum atomic E-state index is -0.0551. The van der Waals surface area contributed by atoms with Gasteiger partial charge in [-0.25, -0.2) is 0 Å². The third kappa shape index (κ3) is 3.58. The number of hydrogen-bond donors (Lipinski definition) is 0. The summed E-state index contributed by atoms with van der Waals surface area (Å²) in [6, 6.07) is 0.302. The number of carbonyl (C=O) groups is 1. The third-order valence-electron chi connectivity index (χ3n) is 4.97. The first kappa shape index (κ1) is 16.5. The molecule has 0 radical (unpaired) electrons. The van der Waals surface area contributed by atoms with Gasteiger partial charge in [0.25, 0.3) is 0 Å². The SMILES string of the molecule is CO[C@H]1C[C@@H](C(=O)N2CCCC2)N(Cc2cnn(C(C)C)c2)C1. The maximum absolute atomic E-state index is 12.8. The molecule has 2 atom stereocenters. The van der Waals surface area contributed by atoms with Gasteiger partial charge in [0.15, 0.2) is 0 Å². The van der Waals surface area contributed by atoms with Crippen molar-refractivity contribution in [2.75, 3.05) is 26.7 Å². The summed E-state index contributed by atoms with van der Waals surface area (Å²) < 4.78 is 7.50. The van der Waals surface area contributed by atoms with Crippen molar-refractivity contribution in [1.29, 1.82) is 0 Å². The molecule has 1 aromatic heterocycles. The average molecular weight is 320 g/mol. The van der Waals surface area contributed by atoms with Crippen molar-refractivity contribution < 1.29 is 9.53 Å². The lowest BCUT2D eigenvalue weighted by atomic mass is 10.1. The maximum Gasteiger partial charge on any atom is 0.240 e. The van der Waals surface area contributed by atoms with E-state index in [-0.39, 0.29) is 18.1 Å². The molecule has 0 aliphatic carbocycles. The van der Waals surface area contributed by atoms with Crippen LogP contribution in [0.3, 0.4) is 0 Å². The van der Waals surface area contributed by atoms with E-state index in [1.807, 2.05) is 15.8 Å². The van der Waals surface area contributed by atoms with E-state index >= 15 is 0 Å². The zero-order valence-corrected chi connectivity index (χ0v) is 14.4. The number of carbonyl (C=O) groups excluding carboxylic acids is 1. The molecule has 1 amide bonds. The van der Waals surface area contributed by atoms with Crippen LogP contribution in [0.15, 0.2) is 12.4 Å². The summed E-state index contributed by atoms with van der Waals surface area (Å²) in [5, 5.41) is 4.41. The predicted molar refractivity (Wildman–Crippen MR) is 88.0 cm³/mol. The van der Waals surface area contributed by atoms with Crippen LogP contribution in [0.2, 0.25) is 0 Å². The molecule has 0 spiro atoms. The Morgan fingerprint density at radius 3 is 2.74 bits per heavy atom. The molecular weight excluding hydrogens is 292 g/mol. The summed E-state index contributed by atoms with van der Waals surface area (Å²) in [7, 11) is 1.74. The highest BCUT2D eigenvalue weighted by Gasteiger charge is 2.39. The highest BCUT2D eigenvalue weighted by molar-refractivity contribution is 5.82. The Morgan fingerprint density at radius 1 is 1.39 bits per heavy atom. The minimum Gasteiger partial charge on any atom is -0.380 e. The Balaban J connectivity index is 1.70. The molecule has 0 saturated carbocycles. The molecular formula is C17H28N4O2. The second kappa shape index (κ2) is 7.01. The maximum atomic E-state index is 12.8. The van der Waals surface area contributed by atoms with Gasteiger partial charge in [0.05, 0.1) is 18.3 Å². The minimum absolute atomic E-state index is 0.0551. The Morgan fingerprint density at radius 2 is 2.13 bits per heavy atom. The summed E-state index contributed by atoms with van der Waals surface area (Å²) in [6.07, 6.45) is 7.21. The van der Waals surface area contributed by atoms with E-state index in [1.165, 1.54) is 0 Å². The summed E-state index contributed by atoms with van der Waals surface area (Å²) in [4.78, 5) is 17.1. The van der Waals surface area contributed by atoms with Crippen LogP contribution in [0.25, 0.3) is 0 Å². The smallest absolute Gasteiger partial charge is 0.240 e. The molecule has 128 valence electrons. The van der Waals surface area contributed by atoms with Crippen molar-refractivity contribution in [1.82, 2.24) is 19.6 Å². The van der Waals surface area contributed by atoms with Gasteiger partial charge in [-0.1, -0.05) is 0 Å². The normalized spacial score (nSPS) is 25.7. The first-order chi connectivity index (χ1) is 11.1. The van der Waals surface area contributed by atoms with Crippen molar-refractivity contribution >= 4 is 5.91 Å². The molecule has 0 aromatic carbocycles. The van der Waals surface area contributed by atoms with E-state index in [1.54, 1.807) is 7.11 Å². The van der Waals surface area contributed by atoms with Gasteiger partial charge in [0, 0.05) is 51.1 Å². The van der Waals surface area contributed by atoms with Crippen molar-refractivity contribution in [3.63, 3.8) is 0 Å². The fourth-order valence-corrected chi connectivity index (χ4v) is 3.59. The lowest BCUT2D eigenvalue weighted by Crippen LogP contribution is -2.44. The van der Waals surface area contributed by atoms with E-state index in [0.717, 1.165) is 51.0 Å². The predicted octanol–water partition coefficient (Wildman–Crippen LogP) is 1.68. The van der Waals surface area contributed by atoms with Crippen LogP contribution in [0, 0.1) is 0 Å². The monoisotopic (exact) mass is 320 g/mol. The van der Waals surface area contributed by atoms with E-state index in [2.05, 4.69) is 30.0 Å². The standard InChI is InChI=1S/C17H28N4O2/c1-13(2)21-11-14(9-18-21)10-20-12-15(23-3)8-16(20)17(22)19-6-4-5-7-19/h9,11,13,15-16H,4-8,10,12H2,1-3H3/t15-,16-/m0/s1. The van der Waals surface area contributed by atoms with Gasteiger partial charge in [-0.2, -0.15) is 5.10 Å². The fourth-order valence-electron chi connectivity index (χ4n) is 3.59. The van der Waals surface area contributed by atoms with Gasteiger partial charge in [0.2, 0.25) is 5.91 Å². The Labute approximate surface area is 138 Å². The molecule has 2 aliphatic rings. The van der Waals surface area contributed by atoms with Crippen molar-refractivity contribution in [3.8, 4) is 0 Å². The zero-order valence-electron chi connectivity index (χ0n) is 14.4. The molecule has 1 aromatic rings. The molecule has 0 unspecified atom stereocenters. The molecule has 2 aliphatic heterocycles. The number of ether oxygens (including phenoxy) is 1. The molecule has 23 heavy (non-hydrogen) atoms. The topological polar surface area (TPSA) is 50.6 Å². The number of likely N-dealkylation sites (tertiary alicyclic amines) is 2. The van der Waals surface area contributed by atoms with E-state index < -0.39 is 0 Å². The largest absolute Gasteiger partial charge is 0.380 e. The highest BCUT2D eigenvalue weighted by Crippen LogP contribution is 2.25. The number of methoxy groups -OCH3 is 1. The van der Waals surface area contributed by atoms with Crippen molar-refractivity contribution in [2.24, 2.45) is 0 Å². The summed E-state index contributed by atoms with van der Waals surface area (Å²) >= 11 is 0. The van der Waals surface area contributed by atoms with E-state index in [9.17, 15) is 4.79 Å². The van der Waals surface area contributed by atoms with Crippen LogP contribution in [-0.2, 0) is 16.1 Å². The summed E-state index contributed by atoms with van der Waals surface area (Å²) in [6.45, 7) is 7.63. The molecule has 3 heterocycles. The van der Waals surface area contributed by atoms with Crippen LogP contribution in [0.1, 0.15) is 44.7 Å². The zero-order chi connectivity index (χ0) is 16.4. The molecule has 2 saturated heterocycles. The molecule has 2 fully saturated rings. The molecule has 0 bridgehead atoms. The van der Waals surface area contributed by atoms with Gasteiger partial charge < -0.3 is 9.64 Å². The second-order valence-electron chi connectivity index (χ2n) is 6.99. The first-order valence-corrected chi connectivity index (χ1v) is 8.67. The van der Waals surface area contributed by atoms with Gasteiger partial charge in [0.1, 0.15) is 0 Å². The number of aromatic nitrogens is 2. The van der Waals surface area contributed by atoms with Gasteiger partial charge in [-0.3, -0.25) is 14.4 Å². The lowest BCUT2D eigenvalue weighted by Gasteiger charge is -2.27. The Kier molecular flexibility index (Phi) is 5.02. The van der Waals surface area contributed by atoms with Crippen LogP contribution in [-0.4, -0.2) is 64.4 Å². The van der Waals surface area contributed by atoms with E-state index in [0.29, 0.717) is 6.04 Å². The molecule has 3 rings (SSSR count). The Hall–Kier alpha value is -1.40. The van der Waals surface area contributed by atoms with Crippen LogP contribution >= 0.6 is 0 Å². The van der Waals surface area contributed by atoms with Gasteiger partial charge in [-0.05, 0) is 33.1 Å². The molecule has 0 N–H and O–H groups in total. The highest BCUT2D eigenvalue weighted by atomic mass is 16.5. The summed E-state index contributed by atoms with van der Waals surface area (Å²) in [5.74, 6) is 0.276. The van der Waals surface area contributed by atoms with Crippen LogP contribution < -0.4 is 0 Å². The van der Waals surface area contributed by atoms with Crippen molar-refractivity contribution in [3.05, 3.63) is 18.0 Å². The van der Waals surface area contributed by atoms with Crippen LogP contribution in [0.4, 0.5) is 0 Å². The first-order valence-electron chi connectivity index (χ1n) is 8.67. The number of nitrogens with zero attached hydrogens (tertiary/aromatic N) is 4. The second-order valence-corrected chi connectivity index (χ2v) is 6.99. The number of rotatable bonds is 5. The lowest BCUT2D eigenvalue weighted by molar-refractivity contribution is -0.135.